The maximum Gasteiger partial charge on any atom is 0.303 e. The van der Waals surface area contributed by atoms with Gasteiger partial charge in [-0.3, -0.25) is 9.59 Å². The average molecular weight is 567 g/mol. The first kappa shape index (κ1) is 28.8. The molecular weight excluding hydrogens is 528 g/mol. The minimum atomic E-state index is -0.857. The Morgan fingerprint density at radius 2 is 1.38 bits per heavy atom. The van der Waals surface area contributed by atoms with Crippen molar-refractivity contribution < 1.29 is 19.8 Å². The average Bonchev–Trinajstić information content (AvgIpc) is 3.59. The lowest BCUT2D eigenvalue weighted by Crippen LogP contribution is -2.12. The number of hydrogen-bond acceptors (Lipinski definition) is 3. The van der Waals surface area contributed by atoms with E-state index in [1.165, 1.54) is 0 Å². The molecule has 42 heavy (non-hydrogen) atoms. The van der Waals surface area contributed by atoms with Gasteiger partial charge in [-0.15, -0.1) is 0 Å². The van der Waals surface area contributed by atoms with Gasteiger partial charge in [-0.25, -0.2) is 0 Å². The molecule has 2 aliphatic rings. The van der Waals surface area contributed by atoms with Crippen molar-refractivity contribution in [3.05, 3.63) is 91.4 Å². The molecule has 8 bridgehead atoms. The molecule has 0 radical (unpaired) electrons. The summed E-state index contributed by atoms with van der Waals surface area (Å²) in [4.78, 5) is 33.8. The van der Waals surface area contributed by atoms with Crippen LogP contribution >= 0.6 is 0 Å². The fourth-order valence-electron chi connectivity index (χ4n) is 6.30. The number of rotatable bonds is 8. The van der Waals surface area contributed by atoms with Crippen molar-refractivity contribution in [2.75, 3.05) is 0 Å². The smallest absolute Gasteiger partial charge is 0.303 e. The van der Waals surface area contributed by atoms with Crippen LogP contribution < -0.4 is 16.0 Å². The molecule has 6 N–H and O–H groups in total. The highest BCUT2D eigenvalue weighted by Crippen LogP contribution is 2.39. The van der Waals surface area contributed by atoms with Crippen LogP contribution in [0.4, 0.5) is 0 Å². The maximum atomic E-state index is 11.6. The van der Waals surface area contributed by atoms with E-state index in [4.69, 9.17) is 0 Å². The molecule has 2 atom stereocenters. The van der Waals surface area contributed by atoms with E-state index in [1.54, 1.807) is 0 Å². The summed E-state index contributed by atoms with van der Waals surface area (Å²) in [5.74, 6) is -1.71. The van der Waals surface area contributed by atoms with Gasteiger partial charge in [0.25, 0.3) is 0 Å². The molecule has 0 spiro atoms. The number of carboxylic acids is 2. The zero-order valence-corrected chi connectivity index (χ0v) is 24.6. The quantitative estimate of drug-likeness (QED) is 0.229. The second-order valence-electron chi connectivity index (χ2n) is 11.3. The second-order valence-corrected chi connectivity index (χ2v) is 11.3. The molecule has 1 saturated heterocycles. The number of aromatic nitrogens is 3. The van der Waals surface area contributed by atoms with Crippen molar-refractivity contribution in [2.24, 2.45) is 11.8 Å². The highest BCUT2D eigenvalue weighted by Gasteiger charge is 2.33. The standard InChI is InChI=1S/C34H38N4O4/c1-7-21-17(3)25-13-26-19(5)23(9-11-33(39)40)31(37-26)16-32-24(10-12-34(41)42)20(6)28(38-32)15-30-22(8-2)18(4)27(36-30)14-29(21)35-25/h7-8,13-16,20,24,35-38H,1-2,9-12H2,3-6H3,(H,39,40)(H,41,42)/b25-13-,28-15-,29-14-,32-16-. The van der Waals surface area contributed by atoms with Gasteiger partial charge in [-0.1, -0.05) is 32.2 Å². The number of carboxylic acid groups (broad SMARTS) is 2. The first-order valence-corrected chi connectivity index (χ1v) is 14.3. The summed E-state index contributed by atoms with van der Waals surface area (Å²) in [7, 11) is 0. The van der Waals surface area contributed by atoms with Crippen LogP contribution in [-0.2, 0) is 16.0 Å². The highest BCUT2D eigenvalue weighted by atomic mass is 16.4. The molecule has 3 aromatic rings. The summed E-state index contributed by atoms with van der Waals surface area (Å²) in [6.45, 7) is 16.4. The summed E-state index contributed by atoms with van der Waals surface area (Å²) < 4.78 is 0. The minimum Gasteiger partial charge on any atom is -0.481 e. The minimum absolute atomic E-state index is 0.00556. The summed E-state index contributed by atoms with van der Waals surface area (Å²) in [6.07, 6.45) is 12.9. The molecule has 5 heterocycles. The Morgan fingerprint density at radius 1 is 0.762 bits per heavy atom. The van der Waals surface area contributed by atoms with E-state index in [-0.39, 0.29) is 24.7 Å². The Kier molecular flexibility index (Phi) is 7.73. The van der Waals surface area contributed by atoms with E-state index in [2.05, 4.69) is 72.4 Å². The number of aromatic amines is 3. The SMILES string of the molecule is C=Cc1c2[nH]c(c1C)/C=c1\[nH]/c(c(C)c1C=C)=C\c1[nH]c(c(CCC(=O)O)c1C)/C=C1\N/C(=C\2)C(C)C1CCC(=O)O. The Balaban J connectivity index is 1.83. The third kappa shape index (κ3) is 5.20. The fourth-order valence-corrected chi connectivity index (χ4v) is 6.30. The summed E-state index contributed by atoms with van der Waals surface area (Å²) in [6, 6.07) is 0. The van der Waals surface area contributed by atoms with Gasteiger partial charge in [0.15, 0.2) is 0 Å². The molecule has 8 heteroatoms. The first-order valence-electron chi connectivity index (χ1n) is 14.3. The molecule has 0 aromatic carbocycles. The maximum absolute atomic E-state index is 11.6. The van der Waals surface area contributed by atoms with E-state index in [0.717, 1.165) is 78.2 Å². The predicted molar refractivity (Wildman–Crippen MR) is 168 cm³/mol. The van der Waals surface area contributed by atoms with E-state index >= 15 is 0 Å². The monoisotopic (exact) mass is 566 g/mol. The zero-order valence-electron chi connectivity index (χ0n) is 24.6. The van der Waals surface area contributed by atoms with Crippen molar-refractivity contribution in [3.63, 3.8) is 0 Å². The van der Waals surface area contributed by atoms with Gasteiger partial charge in [0.1, 0.15) is 0 Å². The van der Waals surface area contributed by atoms with E-state index < -0.39 is 11.9 Å². The van der Waals surface area contributed by atoms with Gasteiger partial charge in [-0.05, 0) is 80.2 Å². The molecule has 0 aliphatic carbocycles. The molecule has 3 aromatic heterocycles. The number of carbonyl (C=O) groups is 2. The van der Waals surface area contributed by atoms with Crippen molar-refractivity contribution in [1.82, 2.24) is 20.3 Å². The zero-order chi connectivity index (χ0) is 30.3. The molecule has 2 unspecified atom stereocenters. The van der Waals surface area contributed by atoms with Gasteiger partial charge in [0.05, 0.1) is 0 Å². The Labute approximate surface area is 245 Å². The van der Waals surface area contributed by atoms with E-state index in [1.807, 2.05) is 25.2 Å². The molecule has 1 fully saturated rings. The van der Waals surface area contributed by atoms with Crippen molar-refractivity contribution in [1.29, 1.82) is 0 Å². The first-order chi connectivity index (χ1) is 20.0. The van der Waals surface area contributed by atoms with E-state index in [0.29, 0.717) is 12.8 Å². The van der Waals surface area contributed by atoms with Crippen molar-refractivity contribution >= 4 is 48.4 Å². The normalized spacial score (nSPS) is 21.5. The van der Waals surface area contributed by atoms with Crippen LogP contribution in [0.3, 0.4) is 0 Å². The van der Waals surface area contributed by atoms with Crippen LogP contribution in [0.2, 0.25) is 0 Å². The number of allylic oxidation sites excluding steroid dienone is 2. The van der Waals surface area contributed by atoms with Crippen molar-refractivity contribution in [2.45, 2.75) is 53.4 Å². The molecule has 5 rings (SSSR count). The number of H-pyrrole nitrogens is 3. The number of hydrogen-bond donors (Lipinski definition) is 6. The topological polar surface area (TPSA) is 134 Å². The van der Waals surface area contributed by atoms with Crippen molar-refractivity contribution in [3.8, 4) is 0 Å². The largest absolute Gasteiger partial charge is 0.481 e. The lowest BCUT2D eigenvalue weighted by Gasteiger charge is -2.14. The highest BCUT2D eigenvalue weighted by molar-refractivity contribution is 5.74. The predicted octanol–water partition coefficient (Wildman–Crippen LogP) is 4.97. The number of nitrogens with one attached hydrogen (secondary N) is 4. The Bertz CT molecular complexity index is 1810. The van der Waals surface area contributed by atoms with Gasteiger partial charge < -0.3 is 30.5 Å². The molecule has 0 amide bonds. The van der Waals surface area contributed by atoms with Gasteiger partial charge in [0, 0.05) is 80.7 Å². The van der Waals surface area contributed by atoms with Crippen LogP contribution in [0.5, 0.6) is 0 Å². The molecule has 2 aliphatic heterocycles. The fraction of sp³-hybridized carbons (Fsp3) is 0.294. The summed E-state index contributed by atoms with van der Waals surface area (Å²) in [5.41, 5.74) is 11.5. The van der Waals surface area contributed by atoms with Crippen LogP contribution in [0.15, 0.2) is 24.6 Å². The van der Waals surface area contributed by atoms with E-state index in [9.17, 15) is 19.8 Å². The van der Waals surface area contributed by atoms with Gasteiger partial charge in [0.2, 0.25) is 0 Å². The van der Waals surface area contributed by atoms with Crippen LogP contribution in [-0.4, -0.2) is 37.1 Å². The van der Waals surface area contributed by atoms with Crippen LogP contribution in [0.25, 0.3) is 36.5 Å². The van der Waals surface area contributed by atoms with Crippen LogP contribution in [0.1, 0.15) is 82.3 Å². The molecule has 218 valence electrons. The lowest BCUT2D eigenvalue weighted by atomic mass is 9.88. The number of fused-ring (bicyclic) bond motifs is 8. The Morgan fingerprint density at radius 3 is 2.05 bits per heavy atom. The third-order valence-electron chi connectivity index (χ3n) is 8.81. The molecule has 0 saturated carbocycles. The Hall–Kier alpha value is -4.72. The van der Waals surface area contributed by atoms with Crippen LogP contribution in [0, 0.1) is 32.6 Å². The number of aliphatic carboxylic acids is 2. The third-order valence-corrected chi connectivity index (χ3v) is 8.81. The van der Waals surface area contributed by atoms with Gasteiger partial charge in [-0.2, -0.15) is 0 Å². The summed E-state index contributed by atoms with van der Waals surface area (Å²) in [5, 5.41) is 24.4. The van der Waals surface area contributed by atoms with Gasteiger partial charge >= 0.3 is 11.9 Å². The molecule has 8 nitrogen and oxygen atoms in total. The summed E-state index contributed by atoms with van der Waals surface area (Å²) >= 11 is 0. The second kappa shape index (κ2) is 11.3. The lowest BCUT2D eigenvalue weighted by molar-refractivity contribution is -0.138. The molecular formula is C34H38N4O4.